The lowest BCUT2D eigenvalue weighted by Gasteiger charge is -2.09. The van der Waals surface area contributed by atoms with Crippen LogP contribution in [0.2, 0.25) is 0 Å². The second-order valence-corrected chi connectivity index (χ2v) is 3.34. The fourth-order valence-corrected chi connectivity index (χ4v) is 1.63. The molecule has 0 fully saturated rings. The molecule has 0 aliphatic rings. The minimum Gasteiger partial charge on any atom is -0.740 e. The Hall–Kier alpha value is -0.858. The van der Waals surface area contributed by atoms with Crippen molar-refractivity contribution in [2.75, 3.05) is 0 Å². The van der Waals surface area contributed by atoms with Crippen LogP contribution in [0.1, 0.15) is 0 Å². The van der Waals surface area contributed by atoms with Gasteiger partial charge in [-0.25, -0.2) is 4.21 Å². The average molecular weight is 234 g/mol. The van der Waals surface area contributed by atoms with Crippen LogP contribution in [0.25, 0.3) is 10.8 Å². The van der Waals surface area contributed by atoms with E-state index in [9.17, 15) is 8.76 Å². The first-order valence-electron chi connectivity index (χ1n) is 4.03. The first-order chi connectivity index (χ1) is 6.77. The van der Waals surface area contributed by atoms with E-state index in [0.29, 0.717) is 5.75 Å². The molecule has 5 heteroatoms. The molecule has 1 unspecified atom stereocenters. The maximum atomic E-state index is 10.4. The zero-order chi connectivity index (χ0) is 9.97. The third kappa shape index (κ3) is 2.80. The van der Waals surface area contributed by atoms with Crippen LogP contribution in [-0.4, -0.2) is 26.1 Å². The van der Waals surface area contributed by atoms with Crippen LogP contribution >= 0.6 is 0 Å². The van der Waals surface area contributed by atoms with Crippen molar-refractivity contribution in [3.05, 3.63) is 42.5 Å². The molecular formula is C10H7AlO3S-. The van der Waals surface area contributed by atoms with E-state index in [1.807, 2.05) is 30.3 Å². The van der Waals surface area contributed by atoms with Gasteiger partial charge >= 0.3 is 0 Å². The lowest BCUT2D eigenvalue weighted by Crippen LogP contribution is -1.98. The van der Waals surface area contributed by atoms with E-state index in [2.05, 4.69) is 4.18 Å². The van der Waals surface area contributed by atoms with Gasteiger partial charge in [0.05, 0.1) is 0 Å². The molecule has 3 nitrogen and oxygen atoms in total. The van der Waals surface area contributed by atoms with Crippen molar-refractivity contribution in [1.29, 1.82) is 0 Å². The summed E-state index contributed by atoms with van der Waals surface area (Å²) in [7, 11) is 0. The van der Waals surface area contributed by atoms with Crippen LogP contribution in [-0.2, 0) is 11.4 Å². The average Bonchev–Trinajstić information content (AvgIpc) is 2.18. The molecule has 0 amide bonds. The van der Waals surface area contributed by atoms with Crippen molar-refractivity contribution < 1.29 is 12.9 Å². The quantitative estimate of drug-likeness (QED) is 0.586. The highest BCUT2D eigenvalue weighted by Crippen LogP contribution is 2.25. The molecule has 0 heterocycles. The largest absolute Gasteiger partial charge is 0.740 e. The van der Waals surface area contributed by atoms with E-state index in [1.54, 1.807) is 12.1 Å². The molecule has 3 radical (unpaired) electrons. The van der Waals surface area contributed by atoms with Gasteiger partial charge < -0.3 is 8.74 Å². The number of fused-ring (bicyclic) bond motifs is 1. The zero-order valence-electron chi connectivity index (χ0n) is 7.75. The number of hydrogen-bond donors (Lipinski definition) is 0. The fourth-order valence-electron chi connectivity index (χ4n) is 1.34. The van der Waals surface area contributed by atoms with Crippen LogP contribution < -0.4 is 4.18 Å². The van der Waals surface area contributed by atoms with Crippen molar-refractivity contribution >= 4 is 39.5 Å². The van der Waals surface area contributed by atoms with Gasteiger partial charge in [-0.2, -0.15) is 0 Å². The third-order valence-electron chi connectivity index (χ3n) is 1.91. The molecule has 0 saturated carbocycles. The second-order valence-electron chi connectivity index (χ2n) is 2.76. The Balaban J connectivity index is 0.00000112. The summed E-state index contributed by atoms with van der Waals surface area (Å²) in [6.45, 7) is 0. The number of rotatable bonds is 2. The van der Waals surface area contributed by atoms with Crippen LogP contribution in [0.3, 0.4) is 0 Å². The van der Waals surface area contributed by atoms with E-state index >= 15 is 0 Å². The molecule has 0 aliphatic heterocycles. The lowest BCUT2D eigenvalue weighted by atomic mass is 10.1. The molecule has 2 rings (SSSR count). The van der Waals surface area contributed by atoms with Crippen molar-refractivity contribution in [3.63, 3.8) is 0 Å². The standard InChI is InChI=1S/C10H8O3S.Al/c11-14(12)13-10-7-3-5-8-4-1-2-6-9(8)10;/h1-7H,(H,11,12);/p-1. The summed E-state index contributed by atoms with van der Waals surface area (Å²) in [4.78, 5) is 0. The van der Waals surface area contributed by atoms with Gasteiger partial charge in [-0.05, 0) is 11.5 Å². The Kier molecular flexibility index (Phi) is 4.31. The zero-order valence-corrected chi connectivity index (χ0v) is 9.72. The number of hydrogen-bond acceptors (Lipinski definition) is 3. The maximum absolute atomic E-state index is 10.4. The predicted molar refractivity (Wildman–Crippen MR) is 59.2 cm³/mol. The van der Waals surface area contributed by atoms with Crippen LogP contribution in [0.5, 0.6) is 5.75 Å². The maximum Gasteiger partial charge on any atom is 0.147 e. The highest BCUT2D eigenvalue weighted by atomic mass is 32.2. The SMILES string of the molecule is O=S([O-])Oc1cccc2ccccc12.[Al]. The van der Waals surface area contributed by atoms with Crippen molar-refractivity contribution in [3.8, 4) is 5.75 Å². The monoisotopic (exact) mass is 234 g/mol. The molecule has 0 aromatic heterocycles. The Bertz CT molecular complexity index is 482. The summed E-state index contributed by atoms with van der Waals surface area (Å²) < 4.78 is 25.4. The first kappa shape index (κ1) is 12.2. The Labute approximate surface area is 101 Å². The molecule has 0 spiro atoms. The van der Waals surface area contributed by atoms with E-state index in [-0.39, 0.29) is 17.4 Å². The summed E-state index contributed by atoms with van der Waals surface area (Å²) in [5.74, 6) is 0.358. The smallest absolute Gasteiger partial charge is 0.147 e. The van der Waals surface area contributed by atoms with E-state index in [4.69, 9.17) is 0 Å². The van der Waals surface area contributed by atoms with Gasteiger partial charge in [0.2, 0.25) is 0 Å². The van der Waals surface area contributed by atoms with Gasteiger partial charge in [-0.1, -0.05) is 36.4 Å². The highest BCUT2D eigenvalue weighted by Gasteiger charge is 2.00. The van der Waals surface area contributed by atoms with E-state index in [0.717, 1.165) is 10.8 Å². The topological polar surface area (TPSA) is 49.4 Å². The van der Waals surface area contributed by atoms with Crippen molar-refractivity contribution in [2.45, 2.75) is 0 Å². The van der Waals surface area contributed by atoms with Crippen molar-refractivity contribution in [1.82, 2.24) is 0 Å². The highest BCUT2D eigenvalue weighted by molar-refractivity contribution is 7.74. The molecular weight excluding hydrogens is 227 g/mol. The van der Waals surface area contributed by atoms with Crippen LogP contribution in [0.15, 0.2) is 42.5 Å². The van der Waals surface area contributed by atoms with Gasteiger partial charge in [-0.3, -0.25) is 0 Å². The first-order valence-corrected chi connectivity index (χ1v) is 5.03. The molecule has 2 aromatic rings. The lowest BCUT2D eigenvalue weighted by molar-refractivity contribution is 0.442. The third-order valence-corrected chi connectivity index (χ3v) is 2.22. The Morgan fingerprint density at radius 3 is 2.47 bits per heavy atom. The molecule has 1 atom stereocenters. The van der Waals surface area contributed by atoms with Crippen molar-refractivity contribution in [2.24, 2.45) is 0 Å². The Morgan fingerprint density at radius 1 is 1.07 bits per heavy atom. The summed E-state index contributed by atoms with van der Waals surface area (Å²) in [5.41, 5.74) is 0. The van der Waals surface area contributed by atoms with Gasteiger partial charge in [-0.15, -0.1) is 0 Å². The summed E-state index contributed by atoms with van der Waals surface area (Å²) in [6.07, 6.45) is 0. The summed E-state index contributed by atoms with van der Waals surface area (Å²) in [5, 5.41) is 1.75. The normalized spacial score (nSPS) is 11.8. The fraction of sp³-hybridized carbons (Fsp3) is 0. The molecule has 0 bridgehead atoms. The van der Waals surface area contributed by atoms with Gasteiger partial charge in [0.1, 0.15) is 17.1 Å². The van der Waals surface area contributed by atoms with Gasteiger partial charge in [0, 0.05) is 22.7 Å². The molecule has 75 valence electrons. The molecule has 0 aliphatic carbocycles. The van der Waals surface area contributed by atoms with Gasteiger partial charge in [0.25, 0.3) is 0 Å². The minimum absolute atomic E-state index is 0. The summed E-state index contributed by atoms with van der Waals surface area (Å²) >= 11 is -2.52. The van der Waals surface area contributed by atoms with E-state index < -0.39 is 11.4 Å². The van der Waals surface area contributed by atoms with Gasteiger partial charge in [0.15, 0.2) is 0 Å². The second kappa shape index (κ2) is 5.29. The molecule has 2 aromatic carbocycles. The van der Waals surface area contributed by atoms with E-state index in [1.165, 1.54) is 0 Å². The molecule has 0 N–H and O–H groups in total. The number of benzene rings is 2. The van der Waals surface area contributed by atoms with Crippen LogP contribution in [0.4, 0.5) is 0 Å². The predicted octanol–water partition coefficient (Wildman–Crippen LogP) is 1.63. The van der Waals surface area contributed by atoms with Crippen LogP contribution in [0, 0.1) is 0 Å². The summed E-state index contributed by atoms with van der Waals surface area (Å²) in [6, 6.07) is 12.7. The molecule has 15 heavy (non-hydrogen) atoms. The molecule has 0 saturated heterocycles. The Morgan fingerprint density at radius 2 is 1.73 bits per heavy atom. The minimum atomic E-state index is -2.52.